The number of nitrogens with zero attached hydrogens (tertiary/aromatic N) is 1. The van der Waals surface area contributed by atoms with E-state index in [9.17, 15) is 9.59 Å². The van der Waals surface area contributed by atoms with Crippen LogP contribution in [0.3, 0.4) is 0 Å². The van der Waals surface area contributed by atoms with Crippen LogP contribution in [0.25, 0.3) is 0 Å². The molecule has 1 aliphatic rings. The number of amides is 2. The maximum Gasteiger partial charge on any atom is 0.277 e. The molecule has 0 unspecified atom stereocenters. The van der Waals surface area contributed by atoms with Gasteiger partial charge < -0.3 is 10.1 Å². The standard InChI is InChI=1S/C20H21N3O3/c1-12-4-6-17(8-13(12)2)26-11-20(25)23-22-14(3)15-5-7-18-16(9-15)10-19(24)21-18/h4-9H,10-11H2,1-3H3,(H,21,24)(H,23,25). The molecule has 1 aliphatic heterocycles. The molecule has 2 amide bonds. The molecular formula is C20H21N3O3. The first-order chi connectivity index (χ1) is 12.4. The lowest BCUT2D eigenvalue weighted by atomic mass is 10.1. The summed E-state index contributed by atoms with van der Waals surface area (Å²) in [5.74, 6) is 0.309. The van der Waals surface area contributed by atoms with Crippen molar-refractivity contribution in [3.8, 4) is 5.75 Å². The number of fused-ring (bicyclic) bond motifs is 1. The molecule has 0 aromatic heterocycles. The summed E-state index contributed by atoms with van der Waals surface area (Å²) in [7, 11) is 0. The molecule has 2 aromatic carbocycles. The van der Waals surface area contributed by atoms with Gasteiger partial charge >= 0.3 is 0 Å². The van der Waals surface area contributed by atoms with Gasteiger partial charge in [0.2, 0.25) is 5.91 Å². The van der Waals surface area contributed by atoms with E-state index in [1.807, 2.05) is 50.2 Å². The third-order valence-electron chi connectivity index (χ3n) is 4.34. The Labute approximate surface area is 152 Å². The van der Waals surface area contributed by atoms with E-state index in [1.165, 1.54) is 5.56 Å². The van der Waals surface area contributed by atoms with Crippen LogP contribution in [-0.4, -0.2) is 24.1 Å². The van der Waals surface area contributed by atoms with Gasteiger partial charge in [0, 0.05) is 5.69 Å². The van der Waals surface area contributed by atoms with Crippen molar-refractivity contribution in [1.29, 1.82) is 0 Å². The molecule has 0 aliphatic carbocycles. The van der Waals surface area contributed by atoms with E-state index in [0.29, 0.717) is 17.9 Å². The van der Waals surface area contributed by atoms with E-state index in [1.54, 1.807) is 6.92 Å². The van der Waals surface area contributed by atoms with Crippen LogP contribution in [0.4, 0.5) is 5.69 Å². The quantitative estimate of drug-likeness (QED) is 0.642. The van der Waals surface area contributed by atoms with Crippen LogP contribution in [0.1, 0.15) is 29.2 Å². The summed E-state index contributed by atoms with van der Waals surface area (Å²) < 4.78 is 5.49. The van der Waals surface area contributed by atoms with Crippen molar-refractivity contribution in [3.63, 3.8) is 0 Å². The molecule has 1 heterocycles. The van der Waals surface area contributed by atoms with Crippen LogP contribution in [0, 0.1) is 13.8 Å². The van der Waals surface area contributed by atoms with Crippen LogP contribution in [0.15, 0.2) is 41.5 Å². The van der Waals surface area contributed by atoms with Crippen molar-refractivity contribution < 1.29 is 14.3 Å². The molecule has 6 nitrogen and oxygen atoms in total. The number of benzene rings is 2. The number of ether oxygens (including phenoxy) is 1. The highest BCUT2D eigenvalue weighted by Gasteiger charge is 2.17. The van der Waals surface area contributed by atoms with Gasteiger partial charge in [-0.05, 0) is 67.3 Å². The first-order valence-electron chi connectivity index (χ1n) is 8.38. The summed E-state index contributed by atoms with van der Waals surface area (Å²) in [5, 5.41) is 6.90. The van der Waals surface area contributed by atoms with Gasteiger partial charge in [0.15, 0.2) is 6.61 Å². The first-order valence-corrected chi connectivity index (χ1v) is 8.38. The lowest BCUT2D eigenvalue weighted by Crippen LogP contribution is -2.25. The molecule has 0 fully saturated rings. The molecule has 0 atom stereocenters. The Morgan fingerprint density at radius 2 is 2.00 bits per heavy atom. The van der Waals surface area contributed by atoms with E-state index in [0.717, 1.165) is 22.4 Å². The fraction of sp³-hybridized carbons (Fsp3) is 0.250. The monoisotopic (exact) mass is 351 g/mol. The molecule has 6 heteroatoms. The molecule has 2 N–H and O–H groups in total. The van der Waals surface area contributed by atoms with Crippen LogP contribution >= 0.6 is 0 Å². The van der Waals surface area contributed by atoms with Gasteiger partial charge in [0.05, 0.1) is 12.1 Å². The summed E-state index contributed by atoms with van der Waals surface area (Å²) in [6.45, 7) is 5.71. The van der Waals surface area contributed by atoms with Crippen molar-refractivity contribution in [2.24, 2.45) is 5.10 Å². The maximum absolute atomic E-state index is 11.9. The Morgan fingerprint density at radius 3 is 2.77 bits per heavy atom. The van der Waals surface area contributed by atoms with E-state index < -0.39 is 0 Å². The predicted octanol–water partition coefficient (Wildman–Crippen LogP) is 2.72. The summed E-state index contributed by atoms with van der Waals surface area (Å²) in [5.41, 5.74) is 8.07. The van der Waals surface area contributed by atoms with Crippen molar-refractivity contribution in [3.05, 3.63) is 58.7 Å². The van der Waals surface area contributed by atoms with Gasteiger partial charge in [-0.25, -0.2) is 5.43 Å². The van der Waals surface area contributed by atoms with Gasteiger partial charge in [-0.2, -0.15) is 5.10 Å². The molecule has 0 radical (unpaired) electrons. The number of anilines is 1. The minimum atomic E-state index is -0.333. The lowest BCUT2D eigenvalue weighted by Gasteiger charge is -2.08. The number of carbonyl (C=O) groups excluding carboxylic acids is 2. The van der Waals surface area contributed by atoms with E-state index in [2.05, 4.69) is 15.8 Å². The van der Waals surface area contributed by atoms with Crippen LogP contribution < -0.4 is 15.5 Å². The number of carbonyl (C=O) groups is 2. The Hall–Kier alpha value is -3.15. The van der Waals surface area contributed by atoms with E-state index in [4.69, 9.17) is 4.74 Å². The highest BCUT2D eigenvalue weighted by atomic mass is 16.5. The van der Waals surface area contributed by atoms with Gasteiger partial charge in [-0.15, -0.1) is 0 Å². The molecule has 0 saturated heterocycles. The zero-order valence-electron chi connectivity index (χ0n) is 15.1. The first kappa shape index (κ1) is 17.7. The Morgan fingerprint density at radius 1 is 1.19 bits per heavy atom. The molecule has 0 saturated carbocycles. The number of hydrogen-bond acceptors (Lipinski definition) is 4. The second kappa shape index (κ2) is 7.39. The normalized spacial score (nSPS) is 13.2. The number of aryl methyl sites for hydroxylation is 2. The molecule has 0 spiro atoms. The fourth-order valence-corrected chi connectivity index (χ4v) is 2.65. The zero-order chi connectivity index (χ0) is 18.7. The molecule has 134 valence electrons. The summed E-state index contributed by atoms with van der Waals surface area (Å²) in [6.07, 6.45) is 0.368. The topological polar surface area (TPSA) is 79.8 Å². The minimum Gasteiger partial charge on any atom is -0.484 e. The summed E-state index contributed by atoms with van der Waals surface area (Å²) >= 11 is 0. The van der Waals surface area contributed by atoms with Gasteiger partial charge in [0.25, 0.3) is 5.91 Å². The summed E-state index contributed by atoms with van der Waals surface area (Å²) in [6, 6.07) is 11.3. The average molecular weight is 351 g/mol. The smallest absolute Gasteiger partial charge is 0.277 e. The number of rotatable bonds is 5. The van der Waals surface area contributed by atoms with Crippen LogP contribution in [0.5, 0.6) is 5.75 Å². The zero-order valence-corrected chi connectivity index (χ0v) is 15.1. The SMILES string of the molecule is CC(=NNC(=O)COc1ccc(C)c(C)c1)c1ccc2c(c1)CC(=O)N2. The molecular weight excluding hydrogens is 330 g/mol. The molecule has 3 rings (SSSR count). The Kier molecular flexibility index (Phi) is 5.02. The van der Waals surface area contributed by atoms with Crippen molar-refractivity contribution in [2.45, 2.75) is 27.2 Å². The largest absolute Gasteiger partial charge is 0.484 e. The van der Waals surface area contributed by atoms with Gasteiger partial charge in [-0.3, -0.25) is 9.59 Å². The van der Waals surface area contributed by atoms with E-state index in [-0.39, 0.29) is 18.4 Å². The second-order valence-corrected chi connectivity index (χ2v) is 6.36. The number of hydrazone groups is 1. The maximum atomic E-state index is 11.9. The number of hydrogen-bond donors (Lipinski definition) is 2. The van der Waals surface area contributed by atoms with Crippen LogP contribution in [-0.2, 0) is 16.0 Å². The lowest BCUT2D eigenvalue weighted by molar-refractivity contribution is -0.123. The Balaban J connectivity index is 1.57. The average Bonchev–Trinajstić information content (AvgIpc) is 2.99. The molecule has 26 heavy (non-hydrogen) atoms. The second-order valence-electron chi connectivity index (χ2n) is 6.36. The molecule has 0 bridgehead atoms. The van der Waals surface area contributed by atoms with E-state index >= 15 is 0 Å². The minimum absolute atomic E-state index is 0.0106. The summed E-state index contributed by atoms with van der Waals surface area (Å²) in [4.78, 5) is 23.3. The van der Waals surface area contributed by atoms with Crippen molar-refractivity contribution in [1.82, 2.24) is 5.43 Å². The number of nitrogens with one attached hydrogen (secondary N) is 2. The van der Waals surface area contributed by atoms with Gasteiger partial charge in [-0.1, -0.05) is 12.1 Å². The predicted molar refractivity (Wildman–Crippen MR) is 101 cm³/mol. The van der Waals surface area contributed by atoms with Crippen molar-refractivity contribution >= 4 is 23.2 Å². The van der Waals surface area contributed by atoms with Crippen LogP contribution in [0.2, 0.25) is 0 Å². The Bertz CT molecular complexity index is 903. The molecule has 2 aromatic rings. The highest BCUT2D eigenvalue weighted by molar-refractivity contribution is 6.03. The highest BCUT2D eigenvalue weighted by Crippen LogP contribution is 2.24. The third-order valence-corrected chi connectivity index (χ3v) is 4.34. The third kappa shape index (κ3) is 4.08. The van der Waals surface area contributed by atoms with Crippen molar-refractivity contribution in [2.75, 3.05) is 11.9 Å². The van der Waals surface area contributed by atoms with Gasteiger partial charge in [0.1, 0.15) is 5.75 Å². The fourth-order valence-electron chi connectivity index (χ4n) is 2.65.